The Kier molecular flexibility index (Phi) is 5.56. The van der Waals surface area contributed by atoms with Gasteiger partial charge in [0.15, 0.2) is 0 Å². The molecule has 142 valence electrons. The van der Waals surface area contributed by atoms with Crippen molar-refractivity contribution in [2.45, 2.75) is 13.0 Å². The average Bonchev–Trinajstić information content (AvgIpc) is 3.22. The lowest BCUT2D eigenvalue weighted by molar-refractivity contribution is -0.121. The SMILES string of the molecule is CN(C)CC(=O)NCCc1nc2cc(C(=O)O)ccc2n1Cc1ccco1. The fourth-order valence-electron chi connectivity index (χ4n) is 2.90. The highest BCUT2D eigenvalue weighted by atomic mass is 16.4. The number of likely N-dealkylation sites (N-methyl/N-ethyl adjacent to an activating group) is 1. The van der Waals surface area contributed by atoms with Crippen LogP contribution < -0.4 is 5.32 Å². The lowest BCUT2D eigenvalue weighted by atomic mass is 10.2. The van der Waals surface area contributed by atoms with Gasteiger partial charge in [-0.25, -0.2) is 9.78 Å². The Balaban J connectivity index is 1.85. The number of carbonyl (C=O) groups is 2. The maximum Gasteiger partial charge on any atom is 0.335 e. The molecule has 2 heterocycles. The number of rotatable bonds is 8. The first-order valence-corrected chi connectivity index (χ1v) is 8.60. The number of imidazole rings is 1. The molecule has 0 saturated carbocycles. The monoisotopic (exact) mass is 370 g/mol. The first-order valence-electron chi connectivity index (χ1n) is 8.60. The topological polar surface area (TPSA) is 101 Å². The van der Waals surface area contributed by atoms with Gasteiger partial charge in [-0.15, -0.1) is 0 Å². The van der Waals surface area contributed by atoms with E-state index in [1.165, 1.54) is 0 Å². The second-order valence-electron chi connectivity index (χ2n) is 6.54. The van der Waals surface area contributed by atoms with Crippen molar-refractivity contribution >= 4 is 22.9 Å². The molecule has 0 radical (unpaired) electrons. The maximum atomic E-state index is 11.8. The summed E-state index contributed by atoms with van der Waals surface area (Å²) in [4.78, 5) is 29.4. The molecular formula is C19H22N4O4. The zero-order chi connectivity index (χ0) is 19.4. The molecule has 0 aliphatic carbocycles. The number of furan rings is 1. The van der Waals surface area contributed by atoms with Crippen LogP contribution in [-0.2, 0) is 17.8 Å². The quantitative estimate of drug-likeness (QED) is 0.625. The summed E-state index contributed by atoms with van der Waals surface area (Å²) >= 11 is 0. The van der Waals surface area contributed by atoms with Gasteiger partial charge in [0.1, 0.15) is 11.6 Å². The molecule has 0 saturated heterocycles. The van der Waals surface area contributed by atoms with Gasteiger partial charge in [-0.2, -0.15) is 0 Å². The predicted octanol–water partition coefficient (Wildman–Crippen LogP) is 1.60. The molecule has 3 rings (SSSR count). The highest BCUT2D eigenvalue weighted by molar-refractivity contribution is 5.92. The van der Waals surface area contributed by atoms with E-state index in [1.54, 1.807) is 29.4 Å². The highest BCUT2D eigenvalue weighted by Gasteiger charge is 2.15. The zero-order valence-corrected chi connectivity index (χ0v) is 15.3. The Bertz CT molecular complexity index is 944. The molecule has 1 amide bonds. The van der Waals surface area contributed by atoms with E-state index in [1.807, 2.05) is 30.8 Å². The molecule has 8 heteroatoms. The van der Waals surface area contributed by atoms with Crippen LogP contribution in [0.2, 0.25) is 0 Å². The van der Waals surface area contributed by atoms with Crippen LogP contribution in [-0.4, -0.2) is 58.6 Å². The average molecular weight is 370 g/mol. The Morgan fingerprint density at radius 1 is 1.30 bits per heavy atom. The van der Waals surface area contributed by atoms with Crippen molar-refractivity contribution in [3.05, 3.63) is 53.7 Å². The molecule has 1 aromatic carbocycles. The van der Waals surface area contributed by atoms with Gasteiger partial charge in [-0.3, -0.25) is 4.79 Å². The van der Waals surface area contributed by atoms with Gasteiger partial charge in [0.2, 0.25) is 5.91 Å². The van der Waals surface area contributed by atoms with Crippen molar-refractivity contribution in [1.82, 2.24) is 19.8 Å². The van der Waals surface area contributed by atoms with E-state index in [2.05, 4.69) is 10.3 Å². The first kappa shape index (κ1) is 18.7. The summed E-state index contributed by atoms with van der Waals surface area (Å²) in [7, 11) is 3.67. The van der Waals surface area contributed by atoms with E-state index >= 15 is 0 Å². The number of hydrogen-bond donors (Lipinski definition) is 2. The van der Waals surface area contributed by atoms with Gasteiger partial charge < -0.3 is 24.3 Å². The Morgan fingerprint density at radius 3 is 2.78 bits per heavy atom. The second kappa shape index (κ2) is 8.05. The lowest BCUT2D eigenvalue weighted by Gasteiger charge is -2.11. The van der Waals surface area contributed by atoms with E-state index < -0.39 is 5.97 Å². The molecule has 2 aromatic heterocycles. The predicted molar refractivity (Wildman–Crippen MR) is 99.8 cm³/mol. The largest absolute Gasteiger partial charge is 0.478 e. The van der Waals surface area contributed by atoms with Gasteiger partial charge >= 0.3 is 5.97 Å². The second-order valence-corrected chi connectivity index (χ2v) is 6.54. The van der Waals surface area contributed by atoms with Crippen LogP contribution in [0.15, 0.2) is 41.0 Å². The van der Waals surface area contributed by atoms with Crippen LogP contribution in [0.3, 0.4) is 0 Å². The molecule has 0 spiro atoms. The third-order valence-electron chi connectivity index (χ3n) is 4.10. The van der Waals surface area contributed by atoms with Crippen LogP contribution >= 0.6 is 0 Å². The number of amides is 1. The number of carboxylic acid groups (broad SMARTS) is 1. The molecule has 2 N–H and O–H groups in total. The molecule has 27 heavy (non-hydrogen) atoms. The lowest BCUT2D eigenvalue weighted by Crippen LogP contribution is -2.34. The van der Waals surface area contributed by atoms with Crippen molar-refractivity contribution in [3.63, 3.8) is 0 Å². The van der Waals surface area contributed by atoms with Crippen molar-refractivity contribution in [2.75, 3.05) is 27.2 Å². The summed E-state index contributed by atoms with van der Waals surface area (Å²) in [5, 5.41) is 12.1. The van der Waals surface area contributed by atoms with Crippen molar-refractivity contribution in [2.24, 2.45) is 0 Å². The van der Waals surface area contributed by atoms with Crippen LogP contribution in [0.25, 0.3) is 11.0 Å². The van der Waals surface area contributed by atoms with E-state index in [-0.39, 0.29) is 11.5 Å². The number of carbonyl (C=O) groups excluding carboxylic acids is 1. The van der Waals surface area contributed by atoms with Crippen molar-refractivity contribution in [1.29, 1.82) is 0 Å². The van der Waals surface area contributed by atoms with Crippen molar-refractivity contribution < 1.29 is 19.1 Å². The van der Waals surface area contributed by atoms with Gasteiger partial charge in [-0.05, 0) is 44.4 Å². The minimum Gasteiger partial charge on any atom is -0.478 e. The molecule has 8 nitrogen and oxygen atoms in total. The highest BCUT2D eigenvalue weighted by Crippen LogP contribution is 2.20. The first-order chi connectivity index (χ1) is 12.9. The van der Waals surface area contributed by atoms with Gasteiger partial charge in [-0.1, -0.05) is 0 Å². The van der Waals surface area contributed by atoms with E-state index in [0.29, 0.717) is 31.6 Å². The van der Waals surface area contributed by atoms with Crippen LogP contribution in [0, 0.1) is 0 Å². The Labute approximate surface area is 156 Å². The van der Waals surface area contributed by atoms with Crippen molar-refractivity contribution in [3.8, 4) is 0 Å². The van der Waals surface area contributed by atoms with Gasteiger partial charge in [0.25, 0.3) is 0 Å². The molecule has 0 aliphatic rings. The van der Waals surface area contributed by atoms with E-state index in [0.717, 1.165) is 17.1 Å². The number of fused-ring (bicyclic) bond motifs is 1. The third kappa shape index (κ3) is 4.53. The molecule has 0 unspecified atom stereocenters. The molecular weight excluding hydrogens is 348 g/mol. The van der Waals surface area contributed by atoms with Crippen LogP contribution in [0.5, 0.6) is 0 Å². The van der Waals surface area contributed by atoms with E-state index in [4.69, 9.17) is 4.42 Å². The number of nitrogens with one attached hydrogen (secondary N) is 1. The number of carboxylic acids is 1. The normalized spacial score (nSPS) is 11.2. The fraction of sp³-hybridized carbons (Fsp3) is 0.316. The summed E-state index contributed by atoms with van der Waals surface area (Å²) < 4.78 is 7.43. The van der Waals surface area contributed by atoms with Crippen LogP contribution in [0.4, 0.5) is 0 Å². The number of aromatic carboxylic acids is 1. The summed E-state index contributed by atoms with van der Waals surface area (Å²) in [6.45, 7) is 1.25. The summed E-state index contributed by atoms with van der Waals surface area (Å²) in [5.74, 6) is 0.487. The minimum atomic E-state index is -0.991. The minimum absolute atomic E-state index is 0.0538. The summed E-state index contributed by atoms with van der Waals surface area (Å²) in [5.41, 5.74) is 1.62. The molecule has 0 atom stereocenters. The fourth-order valence-corrected chi connectivity index (χ4v) is 2.90. The number of hydrogen-bond acceptors (Lipinski definition) is 5. The van der Waals surface area contributed by atoms with Gasteiger partial charge in [0, 0.05) is 13.0 Å². The maximum absolute atomic E-state index is 11.8. The number of benzene rings is 1. The third-order valence-corrected chi connectivity index (χ3v) is 4.10. The summed E-state index contributed by atoms with van der Waals surface area (Å²) in [6, 6.07) is 8.57. The molecule has 0 fully saturated rings. The molecule has 0 aliphatic heterocycles. The Hall–Kier alpha value is -3.13. The number of nitrogens with zero attached hydrogens (tertiary/aromatic N) is 3. The van der Waals surface area contributed by atoms with Crippen LogP contribution in [0.1, 0.15) is 21.9 Å². The molecule has 0 bridgehead atoms. The molecule has 3 aromatic rings. The summed E-state index contributed by atoms with van der Waals surface area (Å²) in [6.07, 6.45) is 2.13. The number of aromatic nitrogens is 2. The van der Waals surface area contributed by atoms with Gasteiger partial charge in [0.05, 0.1) is 35.9 Å². The standard InChI is InChI=1S/C19H22N4O4/c1-22(2)12-18(24)20-8-7-17-21-15-10-13(19(25)26)5-6-16(15)23(17)11-14-4-3-9-27-14/h3-6,9-10H,7-8,11-12H2,1-2H3,(H,20,24)(H,25,26). The smallest absolute Gasteiger partial charge is 0.335 e. The van der Waals surface area contributed by atoms with E-state index in [9.17, 15) is 14.7 Å². The Morgan fingerprint density at radius 2 is 2.11 bits per heavy atom. The zero-order valence-electron chi connectivity index (χ0n) is 15.3.